The van der Waals surface area contributed by atoms with Gasteiger partial charge in [-0.2, -0.15) is 0 Å². The van der Waals surface area contributed by atoms with Gasteiger partial charge in [0.15, 0.2) is 5.65 Å². The molecule has 1 saturated heterocycles. The smallest absolute Gasteiger partial charge is 0.257 e. The average Bonchev–Trinajstić information content (AvgIpc) is 2.70. The van der Waals surface area contributed by atoms with E-state index < -0.39 is 0 Å². The van der Waals surface area contributed by atoms with Gasteiger partial charge in [-0.05, 0) is 43.3 Å². The number of nitrogens with zero attached hydrogens (tertiary/aromatic N) is 3. The lowest BCUT2D eigenvalue weighted by Crippen LogP contribution is -2.41. The fourth-order valence-electron chi connectivity index (χ4n) is 3.08. The number of hydrogen-bond donors (Lipinski definition) is 1. The minimum atomic E-state index is -0.0651. The number of anilines is 2. The van der Waals surface area contributed by atoms with Crippen molar-refractivity contribution in [2.45, 2.75) is 6.92 Å². The van der Waals surface area contributed by atoms with Crippen LogP contribution in [0.1, 0.15) is 16.1 Å². The number of aromatic nitrogens is 2. The zero-order chi connectivity index (χ0) is 18.8. The summed E-state index contributed by atoms with van der Waals surface area (Å²) in [6.45, 7) is 4.16. The molecule has 8 heteroatoms. The lowest BCUT2D eigenvalue weighted by molar-refractivity contribution is 0.0303. The van der Waals surface area contributed by atoms with Crippen molar-refractivity contribution in [1.82, 2.24) is 14.9 Å². The quantitative estimate of drug-likeness (QED) is 0.688. The number of fused-ring (bicyclic) bond motifs is 1. The normalized spacial score (nSPS) is 13.9. The summed E-state index contributed by atoms with van der Waals surface area (Å²) in [4.78, 5) is 23.8. The highest BCUT2D eigenvalue weighted by molar-refractivity contribution is 6.30. The Kier molecular flexibility index (Phi) is 6.34. The summed E-state index contributed by atoms with van der Waals surface area (Å²) >= 11 is 5.99. The van der Waals surface area contributed by atoms with Crippen LogP contribution in [0.2, 0.25) is 5.02 Å². The minimum absolute atomic E-state index is 0. The summed E-state index contributed by atoms with van der Waals surface area (Å²) in [7, 11) is 0. The van der Waals surface area contributed by atoms with Crippen molar-refractivity contribution in [3.05, 3.63) is 58.9 Å². The van der Waals surface area contributed by atoms with Gasteiger partial charge in [0.1, 0.15) is 0 Å². The van der Waals surface area contributed by atoms with E-state index in [0.29, 0.717) is 48.2 Å². The zero-order valence-electron chi connectivity index (χ0n) is 15.3. The van der Waals surface area contributed by atoms with Crippen LogP contribution in [-0.4, -0.2) is 47.1 Å². The number of carbonyl (C=O) groups is 1. The molecule has 1 fully saturated rings. The van der Waals surface area contributed by atoms with Crippen molar-refractivity contribution in [3.63, 3.8) is 0 Å². The van der Waals surface area contributed by atoms with Crippen LogP contribution in [0.5, 0.6) is 0 Å². The molecule has 1 N–H and O–H groups in total. The molecule has 0 aliphatic carbocycles. The summed E-state index contributed by atoms with van der Waals surface area (Å²) < 4.78 is 5.36. The number of hydrogen-bond acceptors (Lipinski definition) is 5. The van der Waals surface area contributed by atoms with Crippen LogP contribution in [-0.2, 0) is 4.74 Å². The van der Waals surface area contributed by atoms with E-state index in [4.69, 9.17) is 16.3 Å². The number of carbonyl (C=O) groups excluding carboxylic acids is 1. The Morgan fingerprint density at radius 3 is 2.57 bits per heavy atom. The molecule has 6 nitrogen and oxygen atoms in total. The van der Waals surface area contributed by atoms with Crippen molar-refractivity contribution >= 4 is 52.3 Å². The van der Waals surface area contributed by atoms with Crippen LogP contribution in [0.4, 0.5) is 11.4 Å². The van der Waals surface area contributed by atoms with E-state index in [9.17, 15) is 4.79 Å². The van der Waals surface area contributed by atoms with Crippen molar-refractivity contribution < 1.29 is 9.53 Å². The van der Waals surface area contributed by atoms with Crippen LogP contribution in [0.15, 0.2) is 42.6 Å². The highest BCUT2D eigenvalue weighted by atomic mass is 35.5. The Balaban J connectivity index is 0.00000225. The number of ether oxygens (including phenoxy) is 1. The maximum atomic E-state index is 13.1. The fourth-order valence-corrected chi connectivity index (χ4v) is 3.21. The van der Waals surface area contributed by atoms with Crippen LogP contribution in [0.25, 0.3) is 11.0 Å². The number of nitrogens with one attached hydrogen (secondary N) is 1. The summed E-state index contributed by atoms with van der Waals surface area (Å²) in [5, 5.41) is 4.82. The Bertz CT molecular complexity index is 989. The molecule has 3 heterocycles. The highest BCUT2D eigenvalue weighted by Gasteiger charge is 2.23. The summed E-state index contributed by atoms with van der Waals surface area (Å²) in [6.07, 6.45) is 1.60. The predicted molar refractivity (Wildman–Crippen MR) is 113 cm³/mol. The molecule has 0 spiro atoms. The third kappa shape index (κ3) is 4.19. The number of rotatable bonds is 3. The largest absolute Gasteiger partial charge is 0.378 e. The monoisotopic (exact) mass is 418 g/mol. The molecule has 1 aliphatic rings. The van der Waals surface area contributed by atoms with Crippen LogP contribution in [0, 0.1) is 6.92 Å². The SMILES string of the molecule is Cc1ccc2c(Nc3ccc(Cl)cc3)c(C(=O)N3CCOCC3)cnc2n1.Cl. The number of benzene rings is 1. The van der Waals surface area contributed by atoms with Gasteiger partial charge in [-0.25, -0.2) is 9.97 Å². The third-order valence-electron chi connectivity index (χ3n) is 4.51. The third-order valence-corrected chi connectivity index (χ3v) is 4.76. The summed E-state index contributed by atoms with van der Waals surface area (Å²) in [5.74, 6) is -0.0651. The summed E-state index contributed by atoms with van der Waals surface area (Å²) in [5.41, 5.74) is 3.53. The van der Waals surface area contributed by atoms with Crippen LogP contribution < -0.4 is 5.32 Å². The molecule has 0 saturated carbocycles. The maximum Gasteiger partial charge on any atom is 0.257 e. The molecule has 0 radical (unpaired) electrons. The number of halogens is 2. The predicted octanol–water partition coefficient (Wildman–Crippen LogP) is 4.23. The van der Waals surface area contributed by atoms with Crippen molar-refractivity contribution in [1.29, 1.82) is 0 Å². The molecule has 0 atom stereocenters. The second-order valence-corrected chi connectivity index (χ2v) is 6.84. The molecule has 0 unspecified atom stereocenters. The standard InChI is InChI=1S/C20H19ClN4O2.ClH/c1-13-2-7-16-18(24-15-5-3-14(21)4-6-15)17(12-22-19(16)23-13)20(26)25-8-10-27-11-9-25;/h2-7,12H,8-11H2,1H3,(H,22,23,24);1H. The van der Waals surface area contributed by atoms with E-state index in [1.165, 1.54) is 0 Å². The van der Waals surface area contributed by atoms with E-state index in [-0.39, 0.29) is 18.3 Å². The van der Waals surface area contributed by atoms with Gasteiger partial charge in [-0.1, -0.05) is 11.6 Å². The number of aryl methyl sites for hydroxylation is 1. The van der Waals surface area contributed by atoms with Crippen molar-refractivity contribution in [2.75, 3.05) is 31.6 Å². The first-order valence-corrected chi connectivity index (χ1v) is 9.15. The van der Waals surface area contributed by atoms with Crippen molar-refractivity contribution in [3.8, 4) is 0 Å². The Labute approximate surface area is 174 Å². The number of amides is 1. The molecule has 1 aromatic carbocycles. The first-order chi connectivity index (χ1) is 13.1. The van der Waals surface area contributed by atoms with E-state index in [0.717, 1.165) is 16.8 Å². The average molecular weight is 419 g/mol. The fraction of sp³-hybridized carbons (Fsp3) is 0.250. The summed E-state index contributed by atoms with van der Waals surface area (Å²) in [6, 6.07) is 11.2. The highest BCUT2D eigenvalue weighted by Crippen LogP contribution is 2.30. The molecule has 1 aliphatic heterocycles. The molecule has 0 bridgehead atoms. The van der Waals surface area contributed by atoms with Gasteiger partial charge in [0.05, 0.1) is 24.5 Å². The Morgan fingerprint density at radius 1 is 1.14 bits per heavy atom. The van der Waals surface area contributed by atoms with Gasteiger partial charge >= 0.3 is 0 Å². The molecular weight excluding hydrogens is 399 g/mol. The first kappa shape index (κ1) is 20.3. The van der Waals surface area contributed by atoms with Crippen LogP contribution in [0.3, 0.4) is 0 Å². The number of pyridine rings is 2. The van der Waals surface area contributed by atoms with Gasteiger partial charge in [0, 0.05) is 41.1 Å². The lowest BCUT2D eigenvalue weighted by atomic mass is 10.1. The van der Waals surface area contributed by atoms with E-state index in [1.807, 2.05) is 31.2 Å². The van der Waals surface area contributed by atoms with E-state index in [2.05, 4.69) is 15.3 Å². The number of morpholine rings is 1. The molecular formula is C20H20Cl2N4O2. The minimum Gasteiger partial charge on any atom is -0.378 e. The Morgan fingerprint density at radius 2 is 1.86 bits per heavy atom. The van der Waals surface area contributed by atoms with Crippen LogP contribution >= 0.6 is 24.0 Å². The second-order valence-electron chi connectivity index (χ2n) is 6.41. The molecule has 28 heavy (non-hydrogen) atoms. The maximum absolute atomic E-state index is 13.1. The molecule has 4 rings (SSSR count). The Hall–Kier alpha value is -2.41. The zero-order valence-corrected chi connectivity index (χ0v) is 16.9. The molecule has 1 amide bonds. The van der Waals surface area contributed by atoms with E-state index >= 15 is 0 Å². The molecule has 146 valence electrons. The first-order valence-electron chi connectivity index (χ1n) is 8.78. The molecule has 3 aromatic rings. The van der Waals surface area contributed by atoms with Crippen molar-refractivity contribution in [2.24, 2.45) is 0 Å². The van der Waals surface area contributed by atoms with Gasteiger partial charge in [0.25, 0.3) is 5.91 Å². The van der Waals surface area contributed by atoms with E-state index in [1.54, 1.807) is 23.2 Å². The lowest BCUT2D eigenvalue weighted by Gasteiger charge is -2.27. The molecule has 2 aromatic heterocycles. The van der Waals surface area contributed by atoms with Gasteiger partial charge in [-0.15, -0.1) is 12.4 Å². The van der Waals surface area contributed by atoms with Gasteiger partial charge < -0.3 is 15.0 Å². The van der Waals surface area contributed by atoms with Gasteiger partial charge in [0.2, 0.25) is 0 Å². The topological polar surface area (TPSA) is 67.4 Å². The second kappa shape index (κ2) is 8.73. The van der Waals surface area contributed by atoms with Gasteiger partial charge in [-0.3, -0.25) is 4.79 Å².